The first-order valence-corrected chi connectivity index (χ1v) is 15.0. The van der Waals surface area contributed by atoms with Crippen molar-refractivity contribution in [3.8, 4) is 23.1 Å². The number of benzene rings is 1. The molecule has 0 atom stereocenters. The van der Waals surface area contributed by atoms with Gasteiger partial charge in [-0.1, -0.05) is 6.07 Å². The van der Waals surface area contributed by atoms with E-state index in [1.54, 1.807) is 19.6 Å². The van der Waals surface area contributed by atoms with Gasteiger partial charge in [0.2, 0.25) is 5.91 Å². The molecule has 2 aromatic heterocycles. The number of aliphatic hydroxyl groups excluding tert-OH is 1. The predicted molar refractivity (Wildman–Crippen MR) is 154 cm³/mol. The van der Waals surface area contributed by atoms with Crippen LogP contribution in [-0.2, 0) is 4.79 Å². The number of aliphatic hydroxyl groups is 1. The molecule has 3 aromatic rings. The first-order chi connectivity index (χ1) is 20.0. The van der Waals surface area contributed by atoms with Crippen molar-refractivity contribution >= 4 is 11.7 Å². The number of amides is 1. The molecule has 1 amide bonds. The largest absolute Gasteiger partial charge is 0.495 e. The normalized spacial score (nSPS) is 24.4. The van der Waals surface area contributed by atoms with E-state index in [9.17, 15) is 15.2 Å². The number of nitriles is 1. The SMILES string of the molecule is COc1ccc([C@H]2CC[C@H](CN(c3cc(-c4coc(C5CC5)n4)ccn3)C(=O)[C@H]3CC[C@H](O)CC3)CC2)cc1C#N. The molecular weight excluding hydrogens is 516 g/mol. The van der Waals surface area contributed by atoms with Crippen LogP contribution in [-0.4, -0.2) is 40.7 Å². The smallest absolute Gasteiger partial charge is 0.231 e. The Labute approximate surface area is 241 Å². The number of hydrogen-bond donors (Lipinski definition) is 1. The summed E-state index contributed by atoms with van der Waals surface area (Å²) in [7, 11) is 1.59. The van der Waals surface area contributed by atoms with Crippen LogP contribution < -0.4 is 9.64 Å². The van der Waals surface area contributed by atoms with Crippen LogP contribution >= 0.6 is 0 Å². The second-order valence-corrected chi connectivity index (χ2v) is 12.0. The molecule has 3 aliphatic carbocycles. The summed E-state index contributed by atoms with van der Waals surface area (Å²) in [6.45, 7) is 0.624. The Morgan fingerprint density at radius 3 is 2.51 bits per heavy atom. The van der Waals surface area contributed by atoms with E-state index >= 15 is 0 Å². The highest BCUT2D eigenvalue weighted by molar-refractivity contribution is 5.94. The van der Waals surface area contributed by atoms with E-state index in [-0.39, 0.29) is 17.9 Å². The standard InChI is InChI=1S/C33H38N4O4/c1-40-30-13-10-25(16-27(30)18-34)22-4-2-21(3-5-22)19-37(33(39)24-8-11-28(38)12-9-24)31-17-26(14-15-35-31)29-20-41-32(36-29)23-6-7-23/h10,13-17,20-24,28,38H,2-9,11-12,19H2,1H3/t21-,22-,24-,28-. The monoisotopic (exact) mass is 554 g/mol. The number of anilines is 1. The quantitative estimate of drug-likeness (QED) is 0.345. The van der Waals surface area contributed by atoms with Crippen molar-refractivity contribution in [2.45, 2.75) is 82.1 Å². The molecule has 1 N–H and O–H groups in total. The molecule has 41 heavy (non-hydrogen) atoms. The Kier molecular flexibility index (Phi) is 8.06. The van der Waals surface area contributed by atoms with E-state index in [0.717, 1.165) is 55.7 Å². The molecule has 0 radical (unpaired) electrons. The summed E-state index contributed by atoms with van der Waals surface area (Å²) >= 11 is 0. The molecule has 6 rings (SSSR count). The van der Waals surface area contributed by atoms with Crippen LogP contribution in [0.3, 0.4) is 0 Å². The van der Waals surface area contributed by atoms with Crippen LogP contribution in [0.15, 0.2) is 47.2 Å². The second kappa shape index (κ2) is 12.0. The number of aromatic nitrogens is 2. The lowest BCUT2D eigenvalue weighted by Crippen LogP contribution is -2.42. The van der Waals surface area contributed by atoms with Gasteiger partial charge < -0.3 is 14.3 Å². The average Bonchev–Trinajstić information content (AvgIpc) is 3.75. The van der Waals surface area contributed by atoms with Gasteiger partial charge in [-0.25, -0.2) is 9.97 Å². The van der Waals surface area contributed by atoms with Gasteiger partial charge in [-0.2, -0.15) is 5.26 Å². The summed E-state index contributed by atoms with van der Waals surface area (Å²) < 4.78 is 11.1. The van der Waals surface area contributed by atoms with Crippen LogP contribution in [0.4, 0.5) is 5.82 Å². The molecule has 3 fully saturated rings. The Balaban J connectivity index is 1.19. The van der Waals surface area contributed by atoms with E-state index < -0.39 is 0 Å². The Morgan fingerprint density at radius 2 is 1.80 bits per heavy atom. The van der Waals surface area contributed by atoms with E-state index in [2.05, 4.69) is 17.1 Å². The molecule has 8 nitrogen and oxygen atoms in total. The minimum atomic E-state index is -0.309. The van der Waals surface area contributed by atoms with Crippen molar-refractivity contribution in [2.24, 2.45) is 11.8 Å². The Bertz CT molecular complexity index is 1410. The third kappa shape index (κ3) is 6.15. The maximum Gasteiger partial charge on any atom is 0.231 e. The number of ether oxygens (including phenoxy) is 1. The van der Waals surface area contributed by atoms with Crippen LogP contribution in [0.2, 0.25) is 0 Å². The maximum absolute atomic E-state index is 14.0. The lowest BCUT2D eigenvalue weighted by atomic mass is 9.78. The summed E-state index contributed by atoms with van der Waals surface area (Å²) in [5.41, 5.74) is 3.44. The van der Waals surface area contributed by atoms with Gasteiger partial charge in [0.1, 0.15) is 29.6 Å². The average molecular weight is 555 g/mol. The number of nitrogens with zero attached hydrogens (tertiary/aromatic N) is 4. The number of carbonyl (C=O) groups excluding carboxylic acids is 1. The highest BCUT2D eigenvalue weighted by atomic mass is 16.5. The minimum absolute atomic E-state index is 0.0996. The Hall–Kier alpha value is -3.70. The van der Waals surface area contributed by atoms with E-state index in [0.29, 0.717) is 67.1 Å². The number of hydrogen-bond acceptors (Lipinski definition) is 7. The summed E-state index contributed by atoms with van der Waals surface area (Å²) in [5, 5.41) is 19.6. The topological polar surface area (TPSA) is 112 Å². The summed E-state index contributed by atoms with van der Waals surface area (Å²) in [6.07, 6.45) is 12.2. The minimum Gasteiger partial charge on any atom is -0.495 e. The molecule has 0 unspecified atom stereocenters. The number of pyridine rings is 1. The fraction of sp³-hybridized carbons (Fsp3) is 0.515. The molecule has 1 aromatic carbocycles. The molecule has 0 saturated heterocycles. The zero-order valence-corrected chi connectivity index (χ0v) is 23.7. The predicted octanol–water partition coefficient (Wildman–Crippen LogP) is 6.35. The number of oxazole rings is 1. The van der Waals surface area contributed by atoms with Gasteiger partial charge in [-0.15, -0.1) is 0 Å². The fourth-order valence-electron chi connectivity index (χ4n) is 6.51. The van der Waals surface area contributed by atoms with E-state index in [4.69, 9.17) is 14.1 Å². The van der Waals surface area contributed by atoms with Crippen molar-refractivity contribution in [3.63, 3.8) is 0 Å². The maximum atomic E-state index is 14.0. The molecule has 2 heterocycles. The van der Waals surface area contributed by atoms with Crippen molar-refractivity contribution in [1.82, 2.24) is 9.97 Å². The van der Waals surface area contributed by atoms with Crippen LogP contribution in [0.25, 0.3) is 11.3 Å². The van der Waals surface area contributed by atoms with Crippen molar-refractivity contribution in [2.75, 3.05) is 18.6 Å². The third-order valence-corrected chi connectivity index (χ3v) is 9.18. The molecule has 0 aliphatic heterocycles. The highest BCUT2D eigenvalue weighted by Gasteiger charge is 2.33. The Morgan fingerprint density at radius 1 is 1.05 bits per heavy atom. The fourth-order valence-corrected chi connectivity index (χ4v) is 6.51. The number of rotatable bonds is 8. The first kappa shape index (κ1) is 27.5. The van der Waals surface area contributed by atoms with E-state index in [1.165, 1.54) is 5.56 Å². The number of methoxy groups -OCH3 is 1. The number of carbonyl (C=O) groups is 1. The third-order valence-electron chi connectivity index (χ3n) is 9.18. The zero-order valence-electron chi connectivity index (χ0n) is 23.7. The van der Waals surface area contributed by atoms with E-state index in [1.807, 2.05) is 29.2 Å². The van der Waals surface area contributed by atoms with Gasteiger partial charge >= 0.3 is 0 Å². The van der Waals surface area contributed by atoms with Gasteiger partial charge in [-0.3, -0.25) is 9.69 Å². The summed E-state index contributed by atoms with van der Waals surface area (Å²) in [4.78, 5) is 25.3. The lowest BCUT2D eigenvalue weighted by molar-refractivity contribution is -0.124. The molecule has 0 bridgehead atoms. The van der Waals surface area contributed by atoms with Gasteiger partial charge in [0.15, 0.2) is 5.89 Å². The highest BCUT2D eigenvalue weighted by Crippen LogP contribution is 2.41. The lowest BCUT2D eigenvalue weighted by Gasteiger charge is -2.35. The summed E-state index contributed by atoms with van der Waals surface area (Å²) in [6, 6.07) is 12.1. The molecule has 3 saturated carbocycles. The molecular formula is C33H38N4O4. The van der Waals surface area contributed by atoms with Crippen LogP contribution in [0.1, 0.15) is 93.1 Å². The van der Waals surface area contributed by atoms with Gasteiger partial charge in [0.05, 0.1) is 18.8 Å². The van der Waals surface area contributed by atoms with Gasteiger partial charge in [0.25, 0.3) is 0 Å². The van der Waals surface area contributed by atoms with Crippen molar-refractivity contribution in [1.29, 1.82) is 5.26 Å². The molecule has 214 valence electrons. The molecule has 3 aliphatic rings. The van der Waals surface area contributed by atoms with Gasteiger partial charge in [-0.05, 0) is 106 Å². The molecule has 0 spiro atoms. The van der Waals surface area contributed by atoms with Crippen molar-refractivity contribution in [3.05, 3.63) is 59.8 Å². The summed E-state index contributed by atoms with van der Waals surface area (Å²) in [5.74, 6) is 3.25. The second-order valence-electron chi connectivity index (χ2n) is 12.0. The van der Waals surface area contributed by atoms with Crippen LogP contribution in [0, 0.1) is 23.2 Å². The van der Waals surface area contributed by atoms with Crippen LogP contribution in [0.5, 0.6) is 5.75 Å². The van der Waals surface area contributed by atoms with Crippen molar-refractivity contribution < 1.29 is 19.1 Å². The van der Waals surface area contributed by atoms with Gasteiger partial charge in [0, 0.05) is 30.1 Å². The molecule has 8 heteroatoms. The first-order valence-electron chi connectivity index (χ1n) is 15.0. The zero-order chi connectivity index (χ0) is 28.3.